The molecule has 0 aliphatic carbocycles. The Morgan fingerprint density at radius 2 is 2.00 bits per heavy atom. The number of hydrogen-bond acceptors (Lipinski definition) is 4. The van der Waals surface area contributed by atoms with Crippen molar-refractivity contribution in [3.05, 3.63) is 53.0 Å². The van der Waals surface area contributed by atoms with Crippen molar-refractivity contribution in [1.82, 2.24) is 4.98 Å². The van der Waals surface area contributed by atoms with Gasteiger partial charge in [0.1, 0.15) is 17.4 Å². The van der Waals surface area contributed by atoms with Crippen molar-refractivity contribution in [2.75, 3.05) is 5.32 Å². The minimum absolute atomic E-state index is 0.0622. The van der Waals surface area contributed by atoms with Crippen LogP contribution in [0.1, 0.15) is 17.5 Å². The molecule has 0 saturated carbocycles. The molecule has 0 saturated heterocycles. The van der Waals surface area contributed by atoms with Gasteiger partial charge in [0.2, 0.25) is 5.91 Å². The molecule has 1 aromatic heterocycles. The zero-order chi connectivity index (χ0) is 18.0. The van der Waals surface area contributed by atoms with E-state index in [-0.39, 0.29) is 18.0 Å². The van der Waals surface area contributed by atoms with Crippen LogP contribution >= 0.6 is 11.3 Å². The predicted octanol–water partition coefficient (Wildman–Crippen LogP) is 4.85. The minimum atomic E-state index is -4.60. The maximum Gasteiger partial charge on any atom is 0.420 e. The number of anilines is 1. The first-order valence-electron chi connectivity index (χ1n) is 7.29. The molecular formula is C17H13F3N2O2S. The van der Waals surface area contributed by atoms with Crippen LogP contribution in [0.15, 0.2) is 42.5 Å². The van der Waals surface area contributed by atoms with Crippen molar-refractivity contribution in [3.8, 4) is 5.75 Å². The molecule has 4 nitrogen and oxygen atoms in total. The maximum atomic E-state index is 13.3. The van der Waals surface area contributed by atoms with Gasteiger partial charge < -0.3 is 10.1 Å². The molecule has 8 heteroatoms. The first-order valence-corrected chi connectivity index (χ1v) is 8.10. The lowest BCUT2D eigenvalue weighted by Gasteiger charge is -2.15. The number of halogens is 3. The number of alkyl halides is 3. The van der Waals surface area contributed by atoms with E-state index in [1.807, 2.05) is 24.3 Å². The van der Waals surface area contributed by atoms with Gasteiger partial charge >= 0.3 is 6.18 Å². The highest BCUT2D eigenvalue weighted by Gasteiger charge is 2.35. The van der Waals surface area contributed by atoms with Crippen molar-refractivity contribution in [1.29, 1.82) is 0 Å². The van der Waals surface area contributed by atoms with E-state index in [1.54, 1.807) is 0 Å². The predicted molar refractivity (Wildman–Crippen MR) is 89.7 cm³/mol. The lowest BCUT2D eigenvalue weighted by molar-refractivity contribution is -0.139. The number of para-hydroxylation sites is 1. The summed E-state index contributed by atoms with van der Waals surface area (Å²) in [4.78, 5) is 15.4. The summed E-state index contributed by atoms with van der Waals surface area (Å²) in [5.74, 6) is -0.753. The van der Waals surface area contributed by atoms with Gasteiger partial charge in [-0.2, -0.15) is 13.2 Å². The molecule has 2 aromatic carbocycles. The van der Waals surface area contributed by atoms with Gasteiger partial charge in [-0.1, -0.05) is 12.1 Å². The summed E-state index contributed by atoms with van der Waals surface area (Å²) < 4.78 is 46.1. The Labute approximate surface area is 145 Å². The maximum absolute atomic E-state index is 13.3. The lowest BCUT2D eigenvalue weighted by Crippen LogP contribution is -2.11. The van der Waals surface area contributed by atoms with E-state index < -0.39 is 17.6 Å². The van der Waals surface area contributed by atoms with Crippen LogP contribution in [0.5, 0.6) is 5.75 Å². The van der Waals surface area contributed by atoms with Crippen LogP contribution < -0.4 is 10.1 Å². The molecule has 0 aliphatic rings. The molecule has 0 radical (unpaired) electrons. The summed E-state index contributed by atoms with van der Waals surface area (Å²) in [6, 6.07) is 10.8. The van der Waals surface area contributed by atoms with E-state index in [1.165, 1.54) is 30.4 Å². The van der Waals surface area contributed by atoms with Crippen LogP contribution in [0, 0.1) is 0 Å². The summed E-state index contributed by atoms with van der Waals surface area (Å²) in [7, 11) is 0. The summed E-state index contributed by atoms with van der Waals surface area (Å²) in [5, 5.41) is 2.91. The molecule has 1 N–H and O–H groups in total. The third kappa shape index (κ3) is 4.08. The monoisotopic (exact) mass is 366 g/mol. The molecule has 1 heterocycles. The van der Waals surface area contributed by atoms with E-state index in [0.717, 1.165) is 16.3 Å². The molecule has 1 amide bonds. The summed E-state index contributed by atoms with van der Waals surface area (Å²) in [6.45, 7) is 1.16. The van der Waals surface area contributed by atoms with Crippen molar-refractivity contribution >= 4 is 33.1 Å². The number of aromatic nitrogens is 1. The fraction of sp³-hybridized carbons (Fsp3) is 0.176. The topological polar surface area (TPSA) is 51.2 Å². The van der Waals surface area contributed by atoms with Gasteiger partial charge in [0.25, 0.3) is 0 Å². The second-order valence-electron chi connectivity index (χ2n) is 5.25. The Bertz CT molecular complexity index is 889. The SMILES string of the molecule is CC(=O)Nc1ccc(OCc2nc3ccccc3s2)c(C(F)(F)F)c1. The Balaban J connectivity index is 1.84. The second-order valence-corrected chi connectivity index (χ2v) is 6.37. The zero-order valence-electron chi connectivity index (χ0n) is 13.1. The highest BCUT2D eigenvalue weighted by atomic mass is 32.1. The number of ether oxygens (including phenoxy) is 1. The fourth-order valence-corrected chi connectivity index (χ4v) is 3.16. The van der Waals surface area contributed by atoms with Gasteiger partial charge in [-0.3, -0.25) is 4.79 Å². The Kier molecular flexibility index (Phi) is 4.63. The normalized spacial score (nSPS) is 11.5. The Morgan fingerprint density at radius 1 is 1.24 bits per heavy atom. The number of hydrogen-bond donors (Lipinski definition) is 1. The molecule has 0 atom stereocenters. The van der Waals surface area contributed by atoms with Crippen LogP contribution in [-0.4, -0.2) is 10.9 Å². The third-order valence-corrected chi connectivity index (χ3v) is 4.30. The molecule has 130 valence electrons. The van der Waals surface area contributed by atoms with Crippen LogP contribution in [0.2, 0.25) is 0 Å². The number of nitrogens with one attached hydrogen (secondary N) is 1. The highest BCUT2D eigenvalue weighted by molar-refractivity contribution is 7.18. The van der Waals surface area contributed by atoms with E-state index in [2.05, 4.69) is 10.3 Å². The summed E-state index contributed by atoms with van der Waals surface area (Å²) in [6.07, 6.45) is -4.60. The van der Waals surface area contributed by atoms with Crippen molar-refractivity contribution < 1.29 is 22.7 Å². The van der Waals surface area contributed by atoms with Crippen LogP contribution in [0.3, 0.4) is 0 Å². The fourth-order valence-electron chi connectivity index (χ4n) is 2.28. The van der Waals surface area contributed by atoms with Crippen molar-refractivity contribution in [2.24, 2.45) is 0 Å². The standard InChI is InChI=1S/C17H13F3N2O2S/c1-10(23)21-11-6-7-14(12(8-11)17(18,19)20)24-9-16-22-13-4-2-3-5-15(13)25-16/h2-8H,9H2,1H3,(H,21,23). The zero-order valence-corrected chi connectivity index (χ0v) is 13.9. The molecule has 25 heavy (non-hydrogen) atoms. The second kappa shape index (κ2) is 6.72. The summed E-state index contributed by atoms with van der Waals surface area (Å²) in [5.41, 5.74) is -0.102. The Hall–Kier alpha value is -2.61. The number of nitrogens with zero attached hydrogens (tertiary/aromatic N) is 1. The van der Waals surface area contributed by atoms with Crippen LogP contribution in [0.25, 0.3) is 10.2 Å². The molecule has 0 fully saturated rings. The highest BCUT2D eigenvalue weighted by Crippen LogP contribution is 2.38. The van der Waals surface area contributed by atoms with Gasteiger partial charge in [-0.15, -0.1) is 11.3 Å². The number of rotatable bonds is 4. The minimum Gasteiger partial charge on any atom is -0.486 e. The lowest BCUT2D eigenvalue weighted by atomic mass is 10.1. The van der Waals surface area contributed by atoms with E-state index in [9.17, 15) is 18.0 Å². The van der Waals surface area contributed by atoms with Crippen molar-refractivity contribution in [3.63, 3.8) is 0 Å². The Morgan fingerprint density at radius 3 is 2.68 bits per heavy atom. The number of benzene rings is 2. The molecule has 0 bridgehead atoms. The van der Waals surface area contributed by atoms with Crippen LogP contribution in [0.4, 0.5) is 18.9 Å². The number of fused-ring (bicyclic) bond motifs is 1. The molecule has 0 unspecified atom stereocenters. The van der Waals surface area contributed by atoms with Gasteiger partial charge in [0, 0.05) is 12.6 Å². The number of amides is 1. The molecule has 0 spiro atoms. The van der Waals surface area contributed by atoms with Gasteiger partial charge in [-0.05, 0) is 30.3 Å². The quantitative estimate of drug-likeness (QED) is 0.718. The first-order chi connectivity index (χ1) is 11.8. The van der Waals surface area contributed by atoms with E-state index >= 15 is 0 Å². The van der Waals surface area contributed by atoms with Gasteiger partial charge in [0.05, 0.1) is 15.8 Å². The number of carbonyl (C=O) groups excluding carboxylic acids is 1. The van der Waals surface area contributed by atoms with Crippen molar-refractivity contribution in [2.45, 2.75) is 19.7 Å². The molecule has 3 aromatic rings. The van der Waals surface area contributed by atoms with E-state index in [0.29, 0.717) is 5.01 Å². The average Bonchev–Trinajstić information content (AvgIpc) is 2.95. The molecule has 3 rings (SSSR count). The van der Waals surface area contributed by atoms with Crippen LogP contribution in [-0.2, 0) is 17.6 Å². The van der Waals surface area contributed by atoms with Gasteiger partial charge in [0.15, 0.2) is 0 Å². The smallest absolute Gasteiger partial charge is 0.420 e. The third-order valence-electron chi connectivity index (χ3n) is 3.29. The number of thiazole rings is 1. The molecule has 0 aliphatic heterocycles. The molecular weight excluding hydrogens is 353 g/mol. The summed E-state index contributed by atoms with van der Waals surface area (Å²) >= 11 is 1.37. The average molecular weight is 366 g/mol. The number of carbonyl (C=O) groups is 1. The van der Waals surface area contributed by atoms with Gasteiger partial charge in [-0.25, -0.2) is 4.98 Å². The first kappa shape index (κ1) is 17.2. The largest absolute Gasteiger partial charge is 0.486 e. The van der Waals surface area contributed by atoms with E-state index in [4.69, 9.17) is 4.74 Å².